The van der Waals surface area contributed by atoms with Gasteiger partial charge in [-0.15, -0.1) is 0 Å². The number of ketones is 2. The molecule has 3 saturated carbocycles. The quantitative estimate of drug-likeness (QED) is 0.289. The first-order valence-corrected chi connectivity index (χ1v) is 13.7. The maximum absolute atomic E-state index is 15.4. The average molecular weight is 553 g/mol. The average Bonchev–Trinajstić information content (AvgIpc) is 3.01. The summed E-state index contributed by atoms with van der Waals surface area (Å²) in [5.74, 6) is -3.32. The van der Waals surface area contributed by atoms with Crippen LogP contribution in [0.3, 0.4) is 0 Å². The topological polar surface area (TPSA) is 135 Å². The molecule has 2 N–H and O–H groups in total. The summed E-state index contributed by atoms with van der Waals surface area (Å²) in [6, 6.07) is 0. The van der Waals surface area contributed by atoms with Gasteiger partial charge in [0, 0.05) is 17.3 Å². The fourth-order valence-electron chi connectivity index (χ4n) is 7.91. The summed E-state index contributed by atoms with van der Waals surface area (Å²) in [4.78, 5) is 37.0. The predicted octanol–water partition coefficient (Wildman–Crippen LogP) is 1.82. The molecule has 196 valence electrons. The van der Waals surface area contributed by atoms with Crippen LogP contribution in [0.15, 0.2) is 23.8 Å². The number of ether oxygens (including phenoxy) is 1. The van der Waals surface area contributed by atoms with Crippen LogP contribution in [0.25, 0.3) is 0 Å². The van der Waals surface area contributed by atoms with Crippen molar-refractivity contribution in [1.82, 2.24) is 0 Å². The molecule has 0 aromatic heterocycles. The Balaban J connectivity index is 0.00000361. The van der Waals surface area contributed by atoms with Crippen molar-refractivity contribution in [1.29, 1.82) is 0 Å². The molecule has 3 fully saturated rings. The molecule has 8 nitrogen and oxygen atoms in total. The van der Waals surface area contributed by atoms with Crippen LogP contribution in [0.4, 0.5) is 4.39 Å². The van der Waals surface area contributed by atoms with E-state index in [9.17, 15) is 27.9 Å². The molecule has 36 heavy (non-hydrogen) atoms. The van der Waals surface area contributed by atoms with E-state index in [1.807, 2.05) is 20.8 Å². The fraction of sp³-hybridized carbons (Fsp3) is 0.720. The molecule has 4 aliphatic rings. The summed E-state index contributed by atoms with van der Waals surface area (Å²) in [5, 5.41) is 11.4. The SMILES string of the molecule is C[C@@H]1C[C@H]2[C@@H]3C[C@H](F)C4=CC(=O)C=C[C@]4(C)[C@H]3[C@@H](O)C[C@]2(C)[C@H]1C(=O)COC(=O)CCS(=O)(=O)O.[KH]. The van der Waals surface area contributed by atoms with E-state index >= 15 is 4.39 Å². The number of fused-ring (bicyclic) bond motifs is 5. The van der Waals surface area contributed by atoms with Gasteiger partial charge in [-0.3, -0.25) is 18.9 Å². The zero-order chi connectivity index (χ0) is 25.9. The number of Topliss-reactive ketones (excluding diaryl/α,β-unsaturated/α-hetero) is 1. The standard InChI is InChI=1S/C25H33FO8S.K.H/c1-13-8-16-15-10-18(26)17-9-14(27)4-6-24(17,2)23(15)19(28)11-25(16,3)22(13)20(29)12-34-21(30)5-7-35(31,32)33;;/h4,6,9,13,15-16,18-19,22-23,28H,5,7-8,10-12H2,1-3H3,(H,31,32,33);;/t13-,15+,16+,18+,19+,22-,23-,24+,25+;;/m1../s1. The first kappa shape index (κ1) is 30.3. The van der Waals surface area contributed by atoms with E-state index in [4.69, 9.17) is 9.29 Å². The minimum absolute atomic E-state index is 0. The second-order valence-corrected chi connectivity index (χ2v) is 12.8. The predicted molar refractivity (Wildman–Crippen MR) is 130 cm³/mol. The summed E-state index contributed by atoms with van der Waals surface area (Å²) in [6.07, 6.45) is 3.05. The van der Waals surface area contributed by atoms with Crippen LogP contribution < -0.4 is 0 Å². The molecule has 0 aromatic carbocycles. The van der Waals surface area contributed by atoms with Crippen LogP contribution in [-0.2, 0) is 29.2 Å². The van der Waals surface area contributed by atoms with E-state index in [0.717, 1.165) is 0 Å². The molecule has 0 unspecified atom stereocenters. The molecule has 4 aliphatic carbocycles. The normalized spacial score (nSPS) is 41.3. The minimum atomic E-state index is -4.32. The molecule has 0 radical (unpaired) electrons. The number of rotatable bonds is 6. The van der Waals surface area contributed by atoms with Crippen molar-refractivity contribution in [3.8, 4) is 0 Å². The molecule has 9 atom stereocenters. The Bertz CT molecular complexity index is 1100. The van der Waals surface area contributed by atoms with Crippen molar-refractivity contribution in [2.45, 2.75) is 58.7 Å². The fourth-order valence-corrected chi connectivity index (χ4v) is 8.34. The van der Waals surface area contributed by atoms with Crippen LogP contribution in [0, 0.1) is 40.4 Å². The Labute approximate surface area is 253 Å². The zero-order valence-corrected chi connectivity index (χ0v) is 21.0. The summed E-state index contributed by atoms with van der Waals surface area (Å²) < 4.78 is 50.8. The van der Waals surface area contributed by atoms with Gasteiger partial charge in [-0.05, 0) is 60.2 Å². The number of carbonyl (C=O) groups is 3. The van der Waals surface area contributed by atoms with Gasteiger partial charge in [-0.1, -0.05) is 26.8 Å². The number of alkyl halides is 1. The van der Waals surface area contributed by atoms with E-state index in [-0.39, 0.29) is 93.0 Å². The van der Waals surface area contributed by atoms with E-state index in [2.05, 4.69) is 0 Å². The van der Waals surface area contributed by atoms with Gasteiger partial charge >= 0.3 is 57.4 Å². The molecule has 0 amide bonds. The maximum atomic E-state index is 15.4. The summed E-state index contributed by atoms with van der Waals surface area (Å²) >= 11 is 0. The second kappa shape index (κ2) is 10.7. The van der Waals surface area contributed by atoms with Gasteiger partial charge in [-0.2, -0.15) is 8.42 Å². The molecule has 0 spiro atoms. The number of allylic oxidation sites excluding steroid dienone is 4. The Hall–Kier alpha value is -0.274. The van der Waals surface area contributed by atoms with Crippen LogP contribution in [0.2, 0.25) is 0 Å². The summed E-state index contributed by atoms with van der Waals surface area (Å²) in [6.45, 7) is 5.25. The monoisotopic (exact) mass is 552 g/mol. The molecular weight excluding hydrogens is 518 g/mol. The van der Waals surface area contributed by atoms with Crippen molar-refractivity contribution in [3.05, 3.63) is 23.8 Å². The van der Waals surface area contributed by atoms with Gasteiger partial charge in [0.1, 0.15) is 12.8 Å². The van der Waals surface area contributed by atoms with Gasteiger partial charge < -0.3 is 9.84 Å². The van der Waals surface area contributed by atoms with E-state index in [1.54, 1.807) is 6.08 Å². The Morgan fingerprint density at radius 2 is 1.92 bits per heavy atom. The number of halogens is 1. The van der Waals surface area contributed by atoms with E-state index in [0.29, 0.717) is 18.4 Å². The van der Waals surface area contributed by atoms with Crippen LogP contribution in [-0.4, -0.2) is 112 Å². The summed E-state index contributed by atoms with van der Waals surface area (Å²) in [5.41, 5.74) is -0.974. The summed E-state index contributed by atoms with van der Waals surface area (Å²) in [7, 11) is -4.32. The molecule has 0 heterocycles. The van der Waals surface area contributed by atoms with Crippen LogP contribution in [0.1, 0.15) is 46.5 Å². The number of hydrogen-bond donors (Lipinski definition) is 2. The van der Waals surface area contributed by atoms with Gasteiger partial charge in [0.2, 0.25) is 0 Å². The van der Waals surface area contributed by atoms with Crippen molar-refractivity contribution < 1.29 is 41.6 Å². The molecule has 11 heteroatoms. The first-order chi connectivity index (χ1) is 16.2. The van der Waals surface area contributed by atoms with Gasteiger partial charge in [0.05, 0.1) is 18.3 Å². The second-order valence-electron chi connectivity index (χ2n) is 11.2. The molecule has 0 saturated heterocycles. The third-order valence-electron chi connectivity index (χ3n) is 9.10. The van der Waals surface area contributed by atoms with Crippen molar-refractivity contribution >= 4 is 79.0 Å². The number of aliphatic hydroxyl groups excluding tert-OH is 1. The molecule has 0 bridgehead atoms. The first-order valence-electron chi connectivity index (χ1n) is 12.1. The molecule has 0 aliphatic heterocycles. The van der Waals surface area contributed by atoms with Crippen LogP contribution in [0.5, 0.6) is 0 Å². The third kappa shape index (κ3) is 5.41. The third-order valence-corrected chi connectivity index (χ3v) is 9.82. The zero-order valence-electron chi connectivity index (χ0n) is 20.1. The van der Waals surface area contributed by atoms with E-state index < -0.39 is 63.9 Å². The Morgan fingerprint density at radius 1 is 1.25 bits per heavy atom. The number of carbonyl (C=O) groups excluding carboxylic acids is 3. The van der Waals surface area contributed by atoms with Gasteiger partial charge in [0.15, 0.2) is 11.6 Å². The molecular formula is C25H34FKO8S. The number of aliphatic hydroxyl groups is 1. The van der Waals surface area contributed by atoms with Crippen molar-refractivity contribution in [2.24, 2.45) is 40.4 Å². The molecule has 0 aromatic rings. The van der Waals surface area contributed by atoms with Gasteiger partial charge in [0.25, 0.3) is 10.1 Å². The van der Waals surface area contributed by atoms with E-state index in [1.165, 1.54) is 12.2 Å². The van der Waals surface area contributed by atoms with Crippen LogP contribution >= 0.6 is 0 Å². The Morgan fingerprint density at radius 3 is 2.56 bits per heavy atom. The molecule has 4 rings (SSSR count). The van der Waals surface area contributed by atoms with Crippen molar-refractivity contribution in [2.75, 3.05) is 12.4 Å². The van der Waals surface area contributed by atoms with Gasteiger partial charge in [-0.25, -0.2) is 4.39 Å². The van der Waals surface area contributed by atoms with Crippen molar-refractivity contribution in [3.63, 3.8) is 0 Å². The Kier molecular flexibility index (Phi) is 9.01. The number of hydrogen-bond acceptors (Lipinski definition) is 7. The number of esters is 1.